The van der Waals surface area contributed by atoms with Gasteiger partial charge in [-0.2, -0.15) is 0 Å². The van der Waals surface area contributed by atoms with Gasteiger partial charge >= 0.3 is 6.03 Å². The summed E-state index contributed by atoms with van der Waals surface area (Å²) < 4.78 is 0. The molecule has 0 radical (unpaired) electrons. The fourth-order valence-electron chi connectivity index (χ4n) is 3.50. The smallest absolute Gasteiger partial charge is 0.315 e. The molecule has 0 aromatic heterocycles. The zero-order chi connectivity index (χ0) is 18.1. The van der Waals surface area contributed by atoms with Crippen LogP contribution in [0.15, 0.2) is 24.3 Å². The average molecular weight is 348 g/mol. The van der Waals surface area contributed by atoms with Crippen molar-refractivity contribution in [2.75, 3.05) is 19.7 Å². The second kappa shape index (κ2) is 10.4. The number of hydrogen-bond acceptors (Lipinski definition) is 3. The summed E-state index contributed by atoms with van der Waals surface area (Å²) in [6.45, 7) is 8.21. The molecule has 1 aromatic carbocycles. The molecule has 1 aliphatic rings. The Morgan fingerprint density at radius 2 is 2.12 bits per heavy atom. The van der Waals surface area contributed by atoms with Gasteiger partial charge in [0.05, 0.1) is 0 Å². The minimum atomic E-state index is -0.165. The molecule has 0 aliphatic carbocycles. The lowest BCUT2D eigenvalue weighted by Gasteiger charge is -2.31. The molecular formula is C20H33N3O2. The summed E-state index contributed by atoms with van der Waals surface area (Å²) in [6, 6.07) is 8.21. The van der Waals surface area contributed by atoms with Crippen LogP contribution in [-0.4, -0.2) is 41.8 Å². The van der Waals surface area contributed by atoms with Crippen molar-refractivity contribution in [3.63, 3.8) is 0 Å². The molecule has 2 rings (SSSR count). The van der Waals surface area contributed by atoms with Gasteiger partial charge in [-0.05, 0) is 49.3 Å². The molecule has 5 nitrogen and oxygen atoms in total. The molecule has 0 spiro atoms. The number of likely N-dealkylation sites (tertiary alicyclic amines) is 1. The van der Waals surface area contributed by atoms with Crippen LogP contribution in [0.3, 0.4) is 0 Å². The van der Waals surface area contributed by atoms with Crippen molar-refractivity contribution >= 4 is 6.03 Å². The van der Waals surface area contributed by atoms with E-state index in [9.17, 15) is 4.79 Å². The van der Waals surface area contributed by atoms with Crippen molar-refractivity contribution in [2.24, 2.45) is 5.92 Å². The van der Waals surface area contributed by atoms with E-state index in [-0.39, 0.29) is 18.7 Å². The second-order valence-corrected chi connectivity index (χ2v) is 7.20. The highest BCUT2D eigenvalue weighted by Gasteiger charge is 2.17. The Bertz CT molecular complexity index is 535. The number of aliphatic hydroxyl groups is 1. The molecule has 1 heterocycles. The Labute approximate surface area is 151 Å². The number of carbonyl (C=O) groups is 1. The lowest BCUT2D eigenvalue weighted by molar-refractivity contribution is 0.176. The number of benzene rings is 1. The molecule has 1 fully saturated rings. The molecule has 0 saturated carbocycles. The molecule has 140 valence electrons. The fourth-order valence-corrected chi connectivity index (χ4v) is 3.50. The van der Waals surface area contributed by atoms with Crippen LogP contribution in [0.1, 0.15) is 50.7 Å². The van der Waals surface area contributed by atoms with Crippen LogP contribution in [-0.2, 0) is 13.1 Å². The molecule has 1 aromatic rings. The summed E-state index contributed by atoms with van der Waals surface area (Å²) in [7, 11) is 0. The third-order valence-corrected chi connectivity index (χ3v) is 5.00. The van der Waals surface area contributed by atoms with Crippen LogP contribution >= 0.6 is 0 Å². The molecule has 2 amide bonds. The SMILES string of the molecule is CCC(CCO)NC(=O)NCc1ccccc1CN1CCCC(C)C1. The van der Waals surface area contributed by atoms with Crippen molar-refractivity contribution in [3.05, 3.63) is 35.4 Å². The topological polar surface area (TPSA) is 64.6 Å². The van der Waals surface area contributed by atoms with Gasteiger partial charge in [-0.3, -0.25) is 4.90 Å². The van der Waals surface area contributed by atoms with E-state index in [0.717, 1.165) is 32.0 Å². The van der Waals surface area contributed by atoms with E-state index in [4.69, 9.17) is 5.11 Å². The first-order valence-corrected chi connectivity index (χ1v) is 9.56. The lowest BCUT2D eigenvalue weighted by atomic mass is 9.99. The maximum Gasteiger partial charge on any atom is 0.315 e. The van der Waals surface area contributed by atoms with Gasteiger partial charge in [0, 0.05) is 32.3 Å². The minimum absolute atomic E-state index is 0.0232. The Balaban J connectivity index is 1.88. The molecule has 2 atom stereocenters. The van der Waals surface area contributed by atoms with Crippen molar-refractivity contribution in [2.45, 2.75) is 58.7 Å². The number of amides is 2. The van der Waals surface area contributed by atoms with Crippen LogP contribution in [0.4, 0.5) is 4.79 Å². The van der Waals surface area contributed by atoms with E-state index in [1.807, 2.05) is 13.0 Å². The number of nitrogens with zero attached hydrogens (tertiary/aromatic N) is 1. The molecular weight excluding hydrogens is 314 g/mol. The fraction of sp³-hybridized carbons (Fsp3) is 0.650. The number of aliphatic hydroxyl groups excluding tert-OH is 1. The highest BCUT2D eigenvalue weighted by molar-refractivity contribution is 5.74. The largest absolute Gasteiger partial charge is 0.396 e. The van der Waals surface area contributed by atoms with E-state index >= 15 is 0 Å². The van der Waals surface area contributed by atoms with E-state index < -0.39 is 0 Å². The highest BCUT2D eigenvalue weighted by atomic mass is 16.3. The minimum Gasteiger partial charge on any atom is -0.396 e. The molecule has 3 N–H and O–H groups in total. The third-order valence-electron chi connectivity index (χ3n) is 5.00. The first-order valence-electron chi connectivity index (χ1n) is 9.56. The summed E-state index contributed by atoms with van der Waals surface area (Å²) in [5, 5.41) is 14.9. The summed E-state index contributed by atoms with van der Waals surface area (Å²) in [6.07, 6.45) is 4.00. The van der Waals surface area contributed by atoms with Crippen LogP contribution < -0.4 is 10.6 Å². The van der Waals surface area contributed by atoms with Gasteiger partial charge in [-0.1, -0.05) is 38.1 Å². The summed E-state index contributed by atoms with van der Waals surface area (Å²) in [5.74, 6) is 0.766. The van der Waals surface area contributed by atoms with Gasteiger partial charge in [0.25, 0.3) is 0 Å². The van der Waals surface area contributed by atoms with Gasteiger partial charge in [-0.25, -0.2) is 4.79 Å². The number of rotatable bonds is 8. The standard InChI is InChI=1S/C20H33N3O2/c1-3-19(10-12-24)22-20(25)21-13-17-8-4-5-9-18(17)15-23-11-6-7-16(2)14-23/h4-5,8-9,16,19,24H,3,6-7,10-15H2,1-2H3,(H2,21,22,25). The molecule has 0 bridgehead atoms. The Hall–Kier alpha value is -1.59. The summed E-state index contributed by atoms with van der Waals surface area (Å²) in [4.78, 5) is 14.6. The van der Waals surface area contributed by atoms with Gasteiger partial charge in [0.15, 0.2) is 0 Å². The van der Waals surface area contributed by atoms with E-state index in [1.165, 1.54) is 24.0 Å². The van der Waals surface area contributed by atoms with Gasteiger partial charge in [0.2, 0.25) is 0 Å². The first-order chi connectivity index (χ1) is 12.1. The molecule has 1 aliphatic heterocycles. The number of urea groups is 1. The van der Waals surface area contributed by atoms with Crippen molar-refractivity contribution in [1.29, 1.82) is 0 Å². The van der Waals surface area contributed by atoms with E-state index in [2.05, 4.69) is 40.7 Å². The predicted octanol–water partition coefficient (Wildman–Crippen LogP) is 2.88. The van der Waals surface area contributed by atoms with E-state index in [0.29, 0.717) is 13.0 Å². The number of hydrogen-bond donors (Lipinski definition) is 3. The van der Waals surface area contributed by atoms with Crippen LogP contribution in [0.25, 0.3) is 0 Å². The Kier molecular flexibility index (Phi) is 8.22. The van der Waals surface area contributed by atoms with Crippen LogP contribution in [0, 0.1) is 5.92 Å². The maximum atomic E-state index is 12.1. The Morgan fingerprint density at radius 1 is 1.36 bits per heavy atom. The Morgan fingerprint density at radius 3 is 2.80 bits per heavy atom. The van der Waals surface area contributed by atoms with Crippen molar-refractivity contribution < 1.29 is 9.90 Å². The van der Waals surface area contributed by atoms with Crippen LogP contribution in [0.2, 0.25) is 0 Å². The van der Waals surface area contributed by atoms with Crippen LogP contribution in [0.5, 0.6) is 0 Å². The summed E-state index contributed by atoms with van der Waals surface area (Å²) in [5.41, 5.74) is 2.46. The summed E-state index contributed by atoms with van der Waals surface area (Å²) >= 11 is 0. The number of nitrogens with one attached hydrogen (secondary N) is 2. The lowest BCUT2D eigenvalue weighted by Crippen LogP contribution is -2.42. The van der Waals surface area contributed by atoms with Gasteiger partial charge in [0.1, 0.15) is 0 Å². The third kappa shape index (κ3) is 6.67. The van der Waals surface area contributed by atoms with Crippen molar-refractivity contribution in [1.82, 2.24) is 15.5 Å². The number of piperidine rings is 1. The van der Waals surface area contributed by atoms with E-state index in [1.54, 1.807) is 0 Å². The quantitative estimate of drug-likeness (QED) is 0.677. The van der Waals surface area contributed by atoms with Gasteiger partial charge < -0.3 is 15.7 Å². The van der Waals surface area contributed by atoms with Gasteiger partial charge in [-0.15, -0.1) is 0 Å². The van der Waals surface area contributed by atoms with Crippen molar-refractivity contribution in [3.8, 4) is 0 Å². The average Bonchev–Trinajstić information content (AvgIpc) is 2.60. The molecule has 5 heteroatoms. The molecule has 1 saturated heterocycles. The second-order valence-electron chi connectivity index (χ2n) is 7.20. The zero-order valence-corrected chi connectivity index (χ0v) is 15.6. The monoisotopic (exact) mass is 347 g/mol. The maximum absolute atomic E-state index is 12.1. The number of carbonyl (C=O) groups excluding carboxylic acids is 1. The predicted molar refractivity (Wildman–Crippen MR) is 101 cm³/mol. The zero-order valence-electron chi connectivity index (χ0n) is 15.6. The normalized spacial score (nSPS) is 19.4. The molecule has 25 heavy (non-hydrogen) atoms. The molecule has 2 unspecified atom stereocenters. The highest BCUT2D eigenvalue weighted by Crippen LogP contribution is 2.19. The first kappa shape index (κ1) is 19.7.